The summed E-state index contributed by atoms with van der Waals surface area (Å²) < 4.78 is 1.72. The average molecular weight is 260 g/mol. The van der Waals surface area contributed by atoms with Gasteiger partial charge in [-0.2, -0.15) is 0 Å². The Morgan fingerprint density at radius 1 is 1.53 bits per heavy atom. The van der Waals surface area contributed by atoms with Gasteiger partial charge in [0.2, 0.25) is 5.91 Å². The van der Waals surface area contributed by atoms with Crippen LogP contribution >= 0.6 is 0 Å². The smallest absolute Gasteiger partial charge is 0.297 e. The Labute approximate surface area is 109 Å². The van der Waals surface area contributed by atoms with Gasteiger partial charge < -0.3 is 9.88 Å². The van der Waals surface area contributed by atoms with Crippen molar-refractivity contribution < 1.29 is 9.72 Å². The molecular formula is C12H12N4O3. The highest BCUT2D eigenvalue weighted by molar-refractivity contribution is 5.91. The maximum Gasteiger partial charge on any atom is 0.297 e. The van der Waals surface area contributed by atoms with E-state index >= 15 is 0 Å². The number of hydrogen-bond donors (Lipinski definition) is 1. The number of nitro groups is 1. The van der Waals surface area contributed by atoms with Crippen molar-refractivity contribution in [3.8, 4) is 0 Å². The van der Waals surface area contributed by atoms with Crippen molar-refractivity contribution in [3.63, 3.8) is 0 Å². The number of amides is 1. The van der Waals surface area contributed by atoms with Gasteiger partial charge in [-0.05, 0) is 6.07 Å². The van der Waals surface area contributed by atoms with Crippen LogP contribution in [0, 0.1) is 10.1 Å². The summed E-state index contributed by atoms with van der Waals surface area (Å²) in [7, 11) is 0. The molecule has 0 aliphatic carbocycles. The first-order valence-corrected chi connectivity index (χ1v) is 5.57. The van der Waals surface area contributed by atoms with Crippen LogP contribution in [0.1, 0.15) is 12.5 Å². The molecule has 0 saturated heterocycles. The molecule has 2 aromatic rings. The number of para-hydroxylation sites is 1. The van der Waals surface area contributed by atoms with Crippen molar-refractivity contribution in [2.24, 2.45) is 0 Å². The van der Waals surface area contributed by atoms with Gasteiger partial charge in [-0.1, -0.05) is 12.1 Å². The van der Waals surface area contributed by atoms with Gasteiger partial charge in [0.1, 0.15) is 5.69 Å². The maximum atomic E-state index is 11.2. The number of nitrogens with one attached hydrogen (secondary N) is 1. The molecule has 0 bridgehead atoms. The molecule has 98 valence electrons. The highest BCUT2D eigenvalue weighted by Gasteiger charge is 2.20. The largest absolute Gasteiger partial charge is 0.333 e. The van der Waals surface area contributed by atoms with Gasteiger partial charge >= 0.3 is 0 Å². The molecule has 7 nitrogen and oxygen atoms in total. The first kappa shape index (κ1) is 12.7. The normalized spacial score (nSPS) is 10.2. The van der Waals surface area contributed by atoms with E-state index < -0.39 is 4.92 Å². The maximum absolute atomic E-state index is 11.2. The van der Waals surface area contributed by atoms with Crippen molar-refractivity contribution in [1.29, 1.82) is 0 Å². The highest BCUT2D eigenvalue weighted by atomic mass is 16.6. The third-order valence-corrected chi connectivity index (χ3v) is 2.52. The lowest BCUT2D eigenvalue weighted by Gasteiger charge is -2.08. The monoisotopic (exact) mass is 260 g/mol. The molecule has 0 fully saturated rings. The molecule has 1 amide bonds. The fraction of sp³-hybridized carbons (Fsp3) is 0.167. The number of hydrogen-bond acceptors (Lipinski definition) is 4. The first-order chi connectivity index (χ1) is 9.08. The lowest BCUT2D eigenvalue weighted by atomic mass is 10.1. The van der Waals surface area contributed by atoms with E-state index in [9.17, 15) is 14.9 Å². The summed E-state index contributed by atoms with van der Waals surface area (Å²) in [6, 6.07) is 4.84. The summed E-state index contributed by atoms with van der Waals surface area (Å²) in [5.74, 6) is -0.345. The van der Waals surface area contributed by atoms with Crippen molar-refractivity contribution in [3.05, 3.63) is 52.6 Å². The van der Waals surface area contributed by atoms with Crippen molar-refractivity contribution in [1.82, 2.24) is 9.55 Å². The van der Waals surface area contributed by atoms with E-state index in [1.807, 2.05) is 0 Å². The molecule has 1 aromatic heterocycles. The van der Waals surface area contributed by atoms with Crippen molar-refractivity contribution in [2.75, 3.05) is 5.32 Å². The van der Waals surface area contributed by atoms with Crippen LogP contribution in [-0.2, 0) is 11.3 Å². The second-order valence-electron chi connectivity index (χ2n) is 3.99. The van der Waals surface area contributed by atoms with E-state index in [1.54, 1.807) is 35.4 Å². The van der Waals surface area contributed by atoms with E-state index in [-0.39, 0.29) is 17.3 Å². The molecule has 2 rings (SSSR count). The SMILES string of the molecule is CC(=O)Nc1cccc(Cn2ccnc2)c1[N+](=O)[O-]. The standard InChI is InChI=1S/C12H12N4O3/c1-9(17)14-11-4-2-3-10(12(11)16(18)19)7-15-6-5-13-8-15/h2-6,8H,7H2,1H3,(H,14,17). The summed E-state index contributed by atoms with van der Waals surface area (Å²) >= 11 is 0. The van der Waals surface area contributed by atoms with Gasteiger partial charge in [-0.15, -0.1) is 0 Å². The van der Waals surface area contributed by atoms with Gasteiger partial charge in [0.15, 0.2) is 0 Å². The number of carbonyl (C=O) groups excluding carboxylic acids is 1. The fourth-order valence-electron chi connectivity index (χ4n) is 1.80. The number of carbonyl (C=O) groups is 1. The fourth-order valence-corrected chi connectivity index (χ4v) is 1.80. The third kappa shape index (κ3) is 2.95. The predicted octanol–water partition coefficient (Wildman–Crippen LogP) is 1.80. The lowest BCUT2D eigenvalue weighted by molar-refractivity contribution is -0.384. The average Bonchev–Trinajstić information content (AvgIpc) is 2.80. The highest BCUT2D eigenvalue weighted by Crippen LogP contribution is 2.29. The molecule has 1 heterocycles. The Morgan fingerprint density at radius 3 is 2.89 bits per heavy atom. The van der Waals surface area contributed by atoms with Crippen LogP contribution in [0.25, 0.3) is 0 Å². The minimum absolute atomic E-state index is 0.0913. The number of benzene rings is 1. The first-order valence-electron chi connectivity index (χ1n) is 5.57. The minimum Gasteiger partial charge on any atom is -0.333 e. The zero-order chi connectivity index (χ0) is 13.8. The lowest BCUT2D eigenvalue weighted by Crippen LogP contribution is -2.10. The zero-order valence-electron chi connectivity index (χ0n) is 10.2. The van der Waals surface area contributed by atoms with E-state index in [4.69, 9.17) is 0 Å². The molecule has 19 heavy (non-hydrogen) atoms. The molecule has 0 atom stereocenters. The quantitative estimate of drug-likeness (QED) is 0.670. The van der Waals surface area contributed by atoms with E-state index in [0.717, 1.165) is 0 Å². The minimum atomic E-state index is -0.489. The molecule has 0 aliphatic heterocycles. The summed E-state index contributed by atoms with van der Waals surface area (Å²) in [6.07, 6.45) is 4.90. The molecular weight excluding hydrogens is 248 g/mol. The Bertz CT molecular complexity index is 607. The Morgan fingerprint density at radius 2 is 2.32 bits per heavy atom. The summed E-state index contributed by atoms with van der Waals surface area (Å²) in [4.78, 5) is 25.6. The van der Waals surface area contributed by atoms with Crippen LogP contribution in [0.5, 0.6) is 0 Å². The van der Waals surface area contributed by atoms with Gasteiger partial charge in [-0.3, -0.25) is 14.9 Å². The molecule has 0 unspecified atom stereocenters. The molecule has 0 saturated carbocycles. The van der Waals surface area contributed by atoms with Crippen molar-refractivity contribution >= 4 is 17.3 Å². The molecule has 0 spiro atoms. The van der Waals surface area contributed by atoms with Crippen LogP contribution < -0.4 is 5.32 Å². The topological polar surface area (TPSA) is 90.1 Å². The predicted molar refractivity (Wildman–Crippen MR) is 68.7 cm³/mol. The number of nitrogens with zero attached hydrogens (tertiary/aromatic N) is 3. The zero-order valence-corrected chi connectivity index (χ0v) is 10.2. The summed E-state index contributed by atoms with van der Waals surface area (Å²) in [5, 5.41) is 13.7. The van der Waals surface area contributed by atoms with Gasteiger partial charge in [-0.25, -0.2) is 4.98 Å². The van der Waals surface area contributed by atoms with Crippen LogP contribution in [0.4, 0.5) is 11.4 Å². The Hall–Kier alpha value is -2.70. The molecule has 1 N–H and O–H groups in total. The van der Waals surface area contributed by atoms with E-state index in [0.29, 0.717) is 12.1 Å². The van der Waals surface area contributed by atoms with Crippen LogP contribution in [0.2, 0.25) is 0 Å². The Balaban J connectivity index is 2.42. The van der Waals surface area contributed by atoms with Crippen LogP contribution in [-0.4, -0.2) is 20.4 Å². The number of nitro benzene ring substituents is 1. The van der Waals surface area contributed by atoms with Gasteiger partial charge in [0, 0.05) is 19.3 Å². The van der Waals surface area contributed by atoms with Crippen LogP contribution in [0.15, 0.2) is 36.9 Å². The molecule has 0 radical (unpaired) electrons. The number of aromatic nitrogens is 2. The van der Waals surface area contributed by atoms with Crippen molar-refractivity contribution in [2.45, 2.75) is 13.5 Å². The van der Waals surface area contributed by atoms with E-state index in [2.05, 4.69) is 10.3 Å². The number of anilines is 1. The Kier molecular flexibility index (Phi) is 3.56. The second-order valence-corrected chi connectivity index (χ2v) is 3.99. The molecule has 7 heteroatoms. The third-order valence-electron chi connectivity index (χ3n) is 2.52. The summed E-state index contributed by atoms with van der Waals surface area (Å²) in [6.45, 7) is 1.63. The summed E-state index contributed by atoms with van der Waals surface area (Å²) in [5.41, 5.74) is 0.621. The molecule has 1 aromatic carbocycles. The number of imidazole rings is 1. The van der Waals surface area contributed by atoms with Gasteiger partial charge in [0.25, 0.3) is 5.69 Å². The molecule has 0 aliphatic rings. The second kappa shape index (κ2) is 5.30. The van der Waals surface area contributed by atoms with Crippen LogP contribution in [0.3, 0.4) is 0 Å². The van der Waals surface area contributed by atoms with E-state index in [1.165, 1.54) is 13.0 Å². The number of rotatable bonds is 4. The van der Waals surface area contributed by atoms with Gasteiger partial charge in [0.05, 0.1) is 23.4 Å².